The summed E-state index contributed by atoms with van der Waals surface area (Å²) in [7, 11) is 1.38. The van der Waals surface area contributed by atoms with E-state index < -0.39 is 16.6 Å². The average Bonchev–Trinajstić information content (AvgIpc) is 2.90. The van der Waals surface area contributed by atoms with E-state index in [0.29, 0.717) is 5.56 Å². The molecule has 1 N–H and O–H groups in total. The van der Waals surface area contributed by atoms with Crippen LogP contribution in [0.25, 0.3) is 0 Å². The molecule has 0 atom stereocenters. The van der Waals surface area contributed by atoms with Gasteiger partial charge in [-0.25, -0.2) is 4.79 Å². The number of nitro benzene ring substituents is 1. The number of benzene rings is 1. The van der Waals surface area contributed by atoms with Gasteiger partial charge in [-0.15, -0.1) is 0 Å². The van der Waals surface area contributed by atoms with Gasteiger partial charge >= 0.3 is 11.7 Å². The molecule has 1 aromatic carbocycles. The fourth-order valence-corrected chi connectivity index (χ4v) is 2.64. The fourth-order valence-electron chi connectivity index (χ4n) is 2.64. The molecule has 114 valence electrons. The molecule has 1 aliphatic rings. The summed E-state index contributed by atoms with van der Waals surface area (Å²) in [5.74, 6) is -1.21. The van der Waals surface area contributed by atoms with Crippen LogP contribution >= 0.6 is 0 Å². The third kappa shape index (κ3) is 2.91. The minimum Gasteiger partial charge on any atom is -0.492 e. The molecule has 1 fully saturated rings. The molecule has 1 aromatic rings. The molecule has 0 spiro atoms. The minimum absolute atomic E-state index is 0.0770. The quantitative estimate of drug-likeness (QED) is 0.662. The second-order valence-electron chi connectivity index (χ2n) is 5.04. The van der Waals surface area contributed by atoms with Gasteiger partial charge in [0.25, 0.3) is 0 Å². The van der Waals surface area contributed by atoms with Crippen LogP contribution in [0.5, 0.6) is 11.5 Å². The lowest BCUT2D eigenvalue weighted by Crippen LogP contribution is -2.15. The van der Waals surface area contributed by atoms with Gasteiger partial charge in [0.15, 0.2) is 5.75 Å². The van der Waals surface area contributed by atoms with Crippen molar-refractivity contribution < 1.29 is 24.3 Å². The van der Waals surface area contributed by atoms with Crippen LogP contribution in [-0.2, 0) is 0 Å². The average molecular weight is 295 g/mol. The van der Waals surface area contributed by atoms with E-state index in [9.17, 15) is 20.0 Å². The number of nitro groups is 1. The van der Waals surface area contributed by atoms with Crippen LogP contribution in [-0.4, -0.2) is 29.2 Å². The Labute approximate surface area is 121 Å². The molecule has 0 aromatic heterocycles. The Morgan fingerprint density at radius 2 is 2.00 bits per heavy atom. The zero-order chi connectivity index (χ0) is 15.6. The van der Waals surface area contributed by atoms with Gasteiger partial charge in [0.1, 0.15) is 5.56 Å². The van der Waals surface area contributed by atoms with Crippen molar-refractivity contribution in [2.45, 2.75) is 38.7 Å². The number of hydrogen-bond donors (Lipinski definition) is 1. The largest absolute Gasteiger partial charge is 0.492 e. The van der Waals surface area contributed by atoms with E-state index in [1.807, 2.05) is 0 Å². The molecule has 0 saturated heterocycles. The molecule has 1 saturated carbocycles. The summed E-state index contributed by atoms with van der Waals surface area (Å²) in [5, 5.41) is 20.5. The highest BCUT2D eigenvalue weighted by atomic mass is 16.6. The summed E-state index contributed by atoms with van der Waals surface area (Å²) >= 11 is 0. The first-order valence-corrected chi connectivity index (χ1v) is 6.71. The summed E-state index contributed by atoms with van der Waals surface area (Å²) in [5.41, 5.74) is -0.434. The van der Waals surface area contributed by atoms with E-state index in [0.717, 1.165) is 25.7 Å². The first-order valence-electron chi connectivity index (χ1n) is 6.71. The Morgan fingerprint density at radius 3 is 2.48 bits per heavy atom. The number of ether oxygens (including phenoxy) is 2. The molecule has 0 amide bonds. The molecule has 0 radical (unpaired) electrons. The lowest BCUT2D eigenvalue weighted by Gasteiger charge is -2.18. The van der Waals surface area contributed by atoms with Crippen molar-refractivity contribution in [1.29, 1.82) is 0 Å². The van der Waals surface area contributed by atoms with Crippen LogP contribution in [0.15, 0.2) is 6.07 Å². The molecule has 0 heterocycles. The molecule has 1 aliphatic carbocycles. The van der Waals surface area contributed by atoms with Gasteiger partial charge in [0, 0.05) is 0 Å². The van der Waals surface area contributed by atoms with Gasteiger partial charge in [0.05, 0.1) is 18.1 Å². The van der Waals surface area contributed by atoms with Crippen molar-refractivity contribution >= 4 is 11.7 Å². The topological polar surface area (TPSA) is 98.9 Å². The van der Waals surface area contributed by atoms with Crippen LogP contribution in [0.4, 0.5) is 5.69 Å². The van der Waals surface area contributed by atoms with Gasteiger partial charge in [-0.05, 0) is 44.2 Å². The second-order valence-corrected chi connectivity index (χ2v) is 5.04. The molecule has 7 heteroatoms. The minimum atomic E-state index is -1.36. The molecule has 0 unspecified atom stereocenters. The maximum absolute atomic E-state index is 11.3. The summed E-state index contributed by atoms with van der Waals surface area (Å²) in [6.07, 6.45) is 3.46. The van der Waals surface area contributed by atoms with E-state index in [1.54, 1.807) is 6.92 Å². The Bertz CT molecular complexity index is 577. The van der Waals surface area contributed by atoms with Gasteiger partial charge in [-0.2, -0.15) is 0 Å². The Balaban J connectivity index is 2.60. The number of methoxy groups -OCH3 is 1. The fraction of sp³-hybridized carbons (Fsp3) is 0.500. The Kier molecular flexibility index (Phi) is 4.30. The monoisotopic (exact) mass is 295 g/mol. The summed E-state index contributed by atoms with van der Waals surface area (Å²) in [6, 6.07) is 1.24. The van der Waals surface area contributed by atoms with Gasteiger partial charge in [-0.3, -0.25) is 10.1 Å². The van der Waals surface area contributed by atoms with E-state index in [-0.39, 0.29) is 23.2 Å². The predicted octanol–water partition coefficient (Wildman–Crippen LogP) is 2.93. The van der Waals surface area contributed by atoms with Crippen LogP contribution < -0.4 is 9.47 Å². The van der Waals surface area contributed by atoms with Crippen molar-refractivity contribution in [2.24, 2.45) is 0 Å². The van der Waals surface area contributed by atoms with Gasteiger partial charge in [0.2, 0.25) is 5.75 Å². The molecule has 0 aliphatic heterocycles. The molecule has 7 nitrogen and oxygen atoms in total. The van der Waals surface area contributed by atoms with E-state index in [4.69, 9.17) is 9.47 Å². The number of aromatic carboxylic acids is 1. The number of aryl methyl sites for hydroxylation is 1. The number of carboxylic acids is 1. The normalized spacial score (nSPS) is 15.0. The highest BCUT2D eigenvalue weighted by Crippen LogP contribution is 2.44. The number of carboxylic acid groups (broad SMARTS) is 1. The standard InChI is InChI=1S/C14H17NO6/c1-8-7-10(14(16)17)11(15(18)19)13(12(8)20-2)21-9-5-3-4-6-9/h7,9H,3-6H2,1-2H3,(H,16,17). The van der Waals surface area contributed by atoms with Crippen LogP contribution in [0.1, 0.15) is 41.6 Å². The molecule has 0 bridgehead atoms. The smallest absolute Gasteiger partial charge is 0.342 e. The summed E-state index contributed by atoms with van der Waals surface area (Å²) in [6.45, 7) is 1.64. The van der Waals surface area contributed by atoms with Crippen LogP contribution in [0.2, 0.25) is 0 Å². The van der Waals surface area contributed by atoms with Crippen LogP contribution in [0.3, 0.4) is 0 Å². The lowest BCUT2D eigenvalue weighted by molar-refractivity contribution is -0.386. The van der Waals surface area contributed by atoms with Gasteiger partial charge in [-0.1, -0.05) is 0 Å². The number of hydrogen-bond acceptors (Lipinski definition) is 5. The van der Waals surface area contributed by atoms with Gasteiger partial charge < -0.3 is 14.6 Å². The van der Waals surface area contributed by atoms with Crippen molar-refractivity contribution in [3.05, 3.63) is 27.3 Å². The summed E-state index contributed by atoms with van der Waals surface area (Å²) < 4.78 is 10.9. The number of carbonyl (C=O) groups is 1. The van der Waals surface area contributed by atoms with Crippen LogP contribution in [0, 0.1) is 17.0 Å². The van der Waals surface area contributed by atoms with Crippen molar-refractivity contribution in [1.82, 2.24) is 0 Å². The SMILES string of the molecule is COc1c(C)cc(C(=O)O)c([N+](=O)[O-])c1OC1CCCC1. The predicted molar refractivity (Wildman–Crippen MR) is 74.2 cm³/mol. The number of rotatable bonds is 5. The highest BCUT2D eigenvalue weighted by Gasteiger charge is 2.33. The molecular weight excluding hydrogens is 278 g/mol. The number of nitrogens with zero attached hydrogens (tertiary/aromatic N) is 1. The molecule has 2 rings (SSSR count). The van der Waals surface area contributed by atoms with Crippen molar-refractivity contribution in [3.63, 3.8) is 0 Å². The van der Waals surface area contributed by atoms with Crippen molar-refractivity contribution in [3.8, 4) is 11.5 Å². The van der Waals surface area contributed by atoms with Crippen molar-refractivity contribution in [2.75, 3.05) is 7.11 Å². The molecular formula is C14H17NO6. The lowest BCUT2D eigenvalue weighted by atomic mass is 10.1. The highest BCUT2D eigenvalue weighted by molar-refractivity contribution is 5.95. The summed E-state index contributed by atoms with van der Waals surface area (Å²) in [4.78, 5) is 21.8. The first kappa shape index (κ1) is 15.1. The maximum atomic E-state index is 11.3. The van der Waals surface area contributed by atoms with E-state index >= 15 is 0 Å². The van der Waals surface area contributed by atoms with E-state index in [2.05, 4.69) is 0 Å². The first-order chi connectivity index (χ1) is 9.95. The second kappa shape index (κ2) is 5.99. The maximum Gasteiger partial charge on any atom is 0.342 e. The third-order valence-electron chi connectivity index (χ3n) is 3.60. The Morgan fingerprint density at radius 1 is 1.38 bits per heavy atom. The third-order valence-corrected chi connectivity index (χ3v) is 3.60. The molecule has 21 heavy (non-hydrogen) atoms. The van der Waals surface area contributed by atoms with E-state index in [1.165, 1.54) is 13.2 Å². The zero-order valence-corrected chi connectivity index (χ0v) is 11.9. The zero-order valence-electron chi connectivity index (χ0n) is 11.9. The Hall–Kier alpha value is -2.31.